The van der Waals surface area contributed by atoms with Crippen LogP contribution in [0.3, 0.4) is 0 Å². The maximum atomic E-state index is 12.2. The predicted molar refractivity (Wildman–Crippen MR) is 80.0 cm³/mol. The molecule has 1 atom stereocenters. The van der Waals surface area contributed by atoms with Crippen molar-refractivity contribution < 1.29 is 14.8 Å². The van der Waals surface area contributed by atoms with Crippen molar-refractivity contribution in [2.24, 2.45) is 17.1 Å². The largest absolute Gasteiger partial charge is 0.505 e. The van der Waals surface area contributed by atoms with Gasteiger partial charge in [0.25, 0.3) is 5.69 Å². The van der Waals surface area contributed by atoms with Crippen LogP contribution in [0.25, 0.3) is 0 Å². The fraction of sp³-hybridized carbons (Fsp3) is 0.500. The highest BCUT2D eigenvalue weighted by Gasteiger charge is 2.27. The molecule has 0 bridgehead atoms. The highest BCUT2D eigenvalue weighted by Crippen LogP contribution is 2.34. The van der Waals surface area contributed by atoms with Crippen molar-refractivity contribution >= 4 is 17.3 Å². The lowest BCUT2D eigenvalue weighted by Gasteiger charge is -2.24. The Morgan fingerprint density at radius 1 is 1.48 bits per heavy atom. The molecule has 0 saturated carbocycles. The van der Waals surface area contributed by atoms with E-state index in [1.54, 1.807) is 0 Å². The number of benzene rings is 1. The van der Waals surface area contributed by atoms with Crippen molar-refractivity contribution in [3.05, 3.63) is 28.3 Å². The van der Waals surface area contributed by atoms with E-state index in [4.69, 9.17) is 5.73 Å². The highest BCUT2D eigenvalue weighted by molar-refractivity contribution is 5.96. The second-order valence-corrected chi connectivity index (χ2v) is 6.12. The molecule has 0 heterocycles. The second kappa shape index (κ2) is 6.53. The van der Waals surface area contributed by atoms with E-state index in [0.29, 0.717) is 6.42 Å². The van der Waals surface area contributed by atoms with Gasteiger partial charge in [0.05, 0.1) is 10.8 Å². The van der Waals surface area contributed by atoms with Gasteiger partial charge in [-0.2, -0.15) is 0 Å². The summed E-state index contributed by atoms with van der Waals surface area (Å²) in [5, 5.41) is 23.1. The standard InChI is InChI=1S/C14H21N3O4/c1-14(2,3)7-9(8-15)13(19)16-12-10(17(20)21)5-4-6-11(12)18/h4-6,9,18H,7-8,15H2,1-3H3,(H,16,19). The maximum absolute atomic E-state index is 12.2. The molecule has 0 aliphatic heterocycles. The minimum Gasteiger partial charge on any atom is -0.505 e. The quantitative estimate of drug-likeness (QED) is 0.437. The second-order valence-electron chi connectivity index (χ2n) is 6.12. The van der Waals surface area contributed by atoms with Crippen LogP contribution in [-0.2, 0) is 4.79 Å². The molecule has 1 aromatic rings. The molecule has 116 valence electrons. The third kappa shape index (κ3) is 4.71. The van der Waals surface area contributed by atoms with Gasteiger partial charge in [0.2, 0.25) is 5.91 Å². The molecule has 0 aliphatic rings. The number of carbonyl (C=O) groups excluding carboxylic acids is 1. The normalized spacial score (nSPS) is 12.8. The number of carbonyl (C=O) groups is 1. The summed E-state index contributed by atoms with van der Waals surface area (Å²) < 4.78 is 0. The van der Waals surface area contributed by atoms with E-state index in [9.17, 15) is 20.0 Å². The lowest BCUT2D eigenvalue weighted by atomic mass is 9.84. The number of nitrogens with two attached hydrogens (primary N) is 1. The minimum absolute atomic E-state index is 0.105. The number of amides is 1. The molecule has 1 rings (SSSR count). The summed E-state index contributed by atoms with van der Waals surface area (Å²) in [5.74, 6) is -1.26. The summed E-state index contributed by atoms with van der Waals surface area (Å²) in [4.78, 5) is 22.5. The lowest BCUT2D eigenvalue weighted by Crippen LogP contribution is -2.32. The predicted octanol–water partition coefficient (Wildman–Crippen LogP) is 2.25. The lowest BCUT2D eigenvalue weighted by molar-refractivity contribution is -0.384. The Labute approximate surface area is 123 Å². The van der Waals surface area contributed by atoms with E-state index in [-0.39, 0.29) is 29.1 Å². The first-order chi connectivity index (χ1) is 9.65. The minimum atomic E-state index is -0.656. The number of aromatic hydroxyl groups is 1. The van der Waals surface area contributed by atoms with Crippen LogP contribution in [0, 0.1) is 21.4 Å². The molecule has 1 unspecified atom stereocenters. The molecular formula is C14H21N3O4. The van der Waals surface area contributed by atoms with Gasteiger partial charge in [-0.3, -0.25) is 14.9 Å². The van der Waals surface area contributed by atoms with Crippen molar-refractivity contribution in [2.45, 2.75) is 27.2 Å². The van der Waals surface area contributed by atoms with Gasteiger partial charge in [-0.1, -0.05) is 26.8 Å². The van der Waals surface area contributed by atoms with Crippen LogP contribution >= 0.6 is 0 Å². The Kier molecular flexibility index (Phi) is 5.26. The molecule has 0 saturated heterocycles. The third-order valence-corrected chi connectivity index (χ3v) is 2.98. The van der Waals surface area contributed by atoms with Gasteiger partial charge in [0.1, 0.15) is 5.75 Å². The molecule has 0 radical (unpaired) electrons. The number of para-hydroxylation sites is 1. The third-order valence-electron chi connectivity index (χ3n) is 2.98. The van der Waals surface area contributed by atoms with Crippen molar-refractivity contribution in [2.75, 3.05) is 11.9 Å². The van der Waals surface area contributed by atoms with Gasteiger partial charge in [0.15, 0.2) is 5.69 Å². The van der Waals surface area contributed by atoms with Gasteiger partial charge < -0.3 is 16.2 Å². The molecular weight excluding hydrogens is 274 g/mol. The number of hydrogen-bond acceptors (Lipinski definition) is 5. The number of hydrogen-bond donors (Lipinski definition) is 3. The fourth-order valence-electron chi connectivity index (χ4n) is 2.06. The van der Waals surface area contributed by atoms with Crippen molar-refractivity contribution in [1.82, 2.24) is 0 Å². The van der Waals surface area contributed by atoms with E-state index in [1.165, 1.54) is 18.2 Å². The average Bonchev–Trinajstić information content (AvgIpc) is 2.36. The zero-order chi connectivity index (χ0) is 16.2. The first-order valence-electron chi connectivity index (χ1n) is 6.63. The first-order valence-corrected chi connectivity index (χ1v) is 6.63. The topological polar surface area (TPSA) is 118 Å². The van der Waals surface area contributed by atoms with Crippen LogP contribution in [0.2, 0.25) is 0 Å². The zero-order valence-corrected chi connectivity index (χ0v) is 12.4. The van der Waals surface area contributed by atoms with Crippen LogP contribution < -0.4 is 11.1 Å². The molecule has 7 nitrogen and oxygen atoms in total. The van der Waals surface area contributed by atoms with Crippen LogP contribution in [0.5, 0.6) is 5.75 Å². The number of anilines is 1. The van der Waals surface area contributed by atoms with Crippen LogP contribution in [-0.4, -0.2) is 22.5 Å². The Bertz CT molecular complexity index is 538. The Morgan fingerprint density at radius 2 is 2.10 bits per heavy atom. The number of nitro groups is 1. The van der Waals surface area contributed by atoms with Crippen molar-refractivity contribution in [1.29, 1.82) is 0 Å². The van der Waals surface area contributed by atoms with Crippen molar-refractivity contribution in [3.63, 3.8) is 0 Å². The Balaban J connectivity index is 3.00. The summed E-state index contributed by atoms with van der Waals surface area (Å²) in [6, 6.07) is 3.85. The number of phenols is 1. The number of phenolic OH excluding ortho intramolecular Hbond substituents is 1. The first kappa shape index (κ1) is 16.9. The molecule has 0 aromatic heterocycles. The monoisotopic (exact) mass is 295 g/mol. The Hall–Kier alpha value is -2.15. The molecule has 0 spiro atoms. The Morgan fingerprint density at radius 3 is 2.57 bits per heavy atom. The van der Waals surface area contributed by atoms with E-state index in [0.717, 1.165) is 0 Å². The molecule has 4 N–H and O–H groups in total. The molecule has 1 aromatic carbocycles. The van der Waals surface area contributed by atoms with E-state index >= 15 is 0 Å². The number of rotatable bonds is 5. The van der Waals surface area contributed by atoms with Gasteiger partial charge >= 0.3 is 0 Å². The van der Waals surface area contributed by atoms with Gasteiger partial charge in [-0.15, -0.1) is 0 Å². The van der Waals surface area contributed by atoms with Gasteiger partial charge in [-0.25, -0.2) is 0 Å². The van der Waals surface area contributed by atoms with Crippen LogP contribution in [0.1, 0.15) is 27.2 Å². The number of nitrogens with one attached hydrogen (secondary N) is 1. The zero-order valence-electron chi connectivity index (χ0n) is 12.4. The maximum Gasteiger partial charge on any atom is 0.296 e. The summed E-state index contributed by atoms with van der Waals surface area (Å²) in [6.07, 6.45) is 0.538. The van der Waals surface area contributed by atoms with Crippen molar-refractivity contribution in [3.8, 4) is 5.75 Å². The number of nitro benzene ring substituents is 1. The average molecular weight is 295 g/mol. The molecule has 7 heteroatoms. The molecule has 1 amide bonds. The molecule has 21 heavy (non-hydrogen) atoms. The molecule has 0 fully saturated rings. The molecule has 0 aliphatic carbocycles. The summed E-state index contributed by atoms with van der Waals surface area (Å²) in [5.41, 5.74) is 4.96. The number of nitrogens with zero attached hydrogens (tertiary/aromatic N) is 1. The highest BCUT2D eigenvalue weighted by atomic mass is 16.6. The SMILES string of the molecule is CC(C)(C)CC(CN)C(=O)Nc1c(O)cccc1[N+](=O)[O-]. The van der Waals surface area contributed by atoms with E-state index in [1.807, 2.05) is 20.8 Å². The smallest absolute Gasteiger partial charge is 0.296 e. The van der Waals surface area contributed by atoms with Crippen LogP contribution in [0.4, 0.5) is 11.4 Å². The van der Waals surface area contributed by atoms with Gasteiger partial charge in [-0.05, 0) is 17.9 Å². The van der Waals surface area contributed by atoms with Crippen LogP contribution in [0.15, 0.2) is 18.2 Å². The summed E-state index contributed by atoms with van der Waals surface area (Å²) in [7, 11) is 0. The summed E-state index contributed by atoms with van der Waals surface area (Å²) in [6.45, 7) is 6.06. The summed E-state index contributed by atoms with van der Waals surface area (Å²) >= 11 is 0. The van der Waals surface area contributed by atoms with Gasteiger partial charge in [0, 0.05) is 12.6 Å². The fourth-order valence-corrected chi connectivity index (χ4v) is 2.06. The van der Waals surface area contributed by atoms with E-state index in [2.05, 4.69) is 5.32 Å². The van der Waals surface area contributed by atoms with E-state index < -0.39 is 16.7 Å².